The van der Waals surface area contributed by atoms with Crippen molar-refractivity contribution in [3.8, 4) is 5.75 Å². The lowest BCUT2D eigenvalue weighted by Gasteiger charge is -2.42. The lowest BCUT2D eigenvalue weighted by atomic mass is 9.75. The Labute approximate surface area is 141 Å². The minimum Gasteiger partial charge on any atom is -0.496 e. The summed E-state index contributed by atoms with van der Waals surface area (Å²) in [5, 5.41) is 21.7. The van der Waals surface area contributed by atoms with Gasteiger partial charge in [-0.3, -0.25) is 0 Å². The molecule has 0 fully saturated rings. The Balaban J connectivity index is 2.18. The number of nitrogens with zero attached hydrogens (tertiary/aromatic N) is 1. The fourth-order valence-corrected chi connectivity index (χ4v) is 3.60. The monoisotopic (exact) mass is 335 g/mol. The van der Waals surface area contributed by atoms with E-state index in [4.69, 9.17) is 13.9 Å². The molecule has 0 bridgehead atoms. The Kier molecular flexibility index (Phi) is 4.32. The van der Waals surface area contributed by atoms with Gasteiger partial charge in [0.2, 0.25) is 5.71 Å². The summed E-state index contributed by atoms with van der Waals surface area (Å²) in [7, 11) is 3.20. The molecule has 1 aliphatic carbocycles. The number of hydrogen-bond donors (Lipinski definition) is 2. The Bertz CT molecular complexity index is 733. The number of aliphatic hydroxyl groups is 2. The molecule has 0 aliphatic heterocycles. The van der Waals surface area contributed by atoms with Gasteiger partial charge in [0, 0.05) is 12.7 Å². The van der Waals surface area contributed by atoms with E-state index in [0.717, 1.165) is 16.7 Å². The van der Waals surface area contributed by atoms with Crippen LogP contribution >= 0.6 is 0 Å². The molecule has 0 amide bonds. The number of hydrogen-bond acceptors (Lipinski definition) is 6. The summed E-state index contributed by atoms with van der Waals surface area (Å²) in [6.07, 6.45) is 2.99. The second kappa shape index (κ2) is 6.02. The minimum absolute atomic E-state index is 0.448. The van der Waals surface area contributed by atoms with Crippen molar-refractivity contribution in [2.45, 2.75) is 56.8 Å². The van der Waals surface area contributed by atoms with Gasteiger partial charge in [-0.15, -0.1) is 0 Å². The highest BCUT2D eigenvalue weighted by Gasteiger charge is 2.47. The molecule has 0 radical (unpaired) electrons. The van der Waals surface area contributed by atoms with Crippen molar-refractivity contribution in [3.63, 3.8) is 0 Å². The number of fused-ring (bicyclic) bond motifs is 2. The Morgan fingerprint density at radius 1 is 1.42 bits per heavy atom. The molecule has 0 spiro atoms. The van der Waals surface area contributed by atoms with Gasteiger partial charge in [-0.2, -0.15) is 0 Å². The smallest absolute Gasteiger partial charge is 0.229 e. The highest BCUT2D eigenvalue weighted by molar-refractivity contribution is 5.83. The zero-order valence-electron chi connectivity index (χ0n) is 14.6. The molecule has 0 saturated carbocycles. The summed E-state index contributed by atoms with van der Waals surface area (Å²) >= 11 is 0. The first kappa shape index (κ1) is 17.2. The van der Waals surface area contributed by atoms with Gasteiger partial charge in [0.15, 0.2) is 0 Å². The molecule has 2 unspecified atom stereocenters. The number of pyridine rings is 1. The molecular formula is C18H25NO5. The van der Waals surface area contributed by atoms with Crippen LogP contribution in [0.5, 0.6) is 5.75 Å². The fourth-order valence-electron chi connectivity index (χ4n) is 3.60. The van der Waals surface area contributed by atoms with Crippen LogP contribution in [0.15, 0.2) is 16.7 Å². The molecule has 6 heteroatoms. The average Bonchev–Trinajstić information content (AvgIpc) is 2.99. The zero-order chi connectivity index (χ0) is 17.5. The van der Waals surface area contributed by atoms with Crippen LogP contribution in [0.25, 0.3) is 11.1 Å². The first-order valence-corrected chi connectivity index (χ1v) is 8.22. The van der Waals surface area contributed by atoms with Gasteiger partial charge in [-0.1, -0.05) is 0 Å². The number of methoxy groups -OCH3 is 2. The third-order valence-electron chi connectivity index (χ3n) is 4.95. The van der Waals surface area contributed by atoms with E-state index < -0.39 is 17.3 Å². The van der Waals surface area contributed by atoms with Crippen LogP contribution in [0.1, 0.15) is 44.4 Å². The van der Waals surface area contributed by atoms with E-state index in [0.29, 0.717) is 37.1 Å². The normalized spacial score (nSPS) is 24.2. The Morgan fingerprint density at radius 3 is 2.79 bits per heavy atom. The van der Waals surface area contributed by atoms with Gasteiger partial charge in [0.05, 0.1) is 36.2 Å². The third-order valence-corrected chi connectivity index (χ3v) is 4.95. The van der Waals surface area contributed by atoms with Gasteiger partial charge in [-0.05, 0) is 45.6 Å². The molecule has 132 valence electrons. The molecule has 0 saturated heterocycles. The lowest BCUT2D eigenvalue weighted by molar-refractivity contribution is -0.133. The van der Waals surface area contributed by atoms with Crippen LogP contribution in [-0.2, 0) is 16.8 Å². The van der Waals surface area contributed by atoms with Gasteiger partial charge < -0.3 is 24.1 Å². The van der Waals surface area contributed by atoms with E-state index >= 15 is 0 Å². The molecule has 6 nitrogen and oxygen atoms in total. The second-order valence-corrected chi connectivity index (χ2v) is 7.07. The van der Waals surface area contributed by atoms with Crippen molar-refractivity contribution < 1.29 is 24.1 Å². The van der Waals surface area contributed by atoms with E-state index in [1.54, 1.807) is 34.3 Å². The molecule has 2 N–H and O–H groups in total. The highest BCUT2D eigenvalue weighted by Crippen LogP contribution is 2.46. The van der Waals surface area contributed by atoms with E-state index in [-0.39, 0.29) is 0 Å². The lowest BCUT2D eigenvalue weighted by Crippen LogP contribution is -2.47. The summed E-state index contributed by atoms with van der Waals surface area (Å²) in [4.78, 5) is 4.65. The number of aliphatic hydroxyl groups excluding tert-OH is 1. The second-order valence-electron chi connectivity index (χ2n) is 7.07. The molecule has 24 heavy (non-hydrogen) atoms. The summed E-state index contributed by atoms with van der Waals surface area (Å²) in [6.45, 7) is 3.49. The molecule has 2 aromatic heterocycles. The van der Waals surface area contributed by atoms with Gasteiger partial charge in [0.25, 0.3) is 0 Å². The Morgan fingerprint density at radius 2 is 2.17 bits per heavy atom. The average molecular weight is 335 g/mol. The Hall–Kier alpha value is -1.63. The molecule has 2 aromatic rings. The molecule has 0 aromatic carbocycles. The molecular weight excluding hydrogens is 310 g/mol. The van der Waals surface area contributed by atoms with Crippen LogP contribution in [-0.4, -0.2) is 41.1 Å². The van der Waals surface area contributed by atoms with E-state index in [9.17, 15) is 10.2 Å². The number of furan rings is 1. The SMILES string of the molecule is COc1c2c(nc3occc13)C(CCC(C)(C)O)(OC)C(O)CC2. The van der Waals surface area contributed by atoms with Crippen molar-refractivity contribution in [2.24, 2.45) is 0 Å². The maximum Gasteiger partial charge on any atom is 0.229 e. The summed E-state index contributed by atoms with van der Waals surface area (Å²) in [6, 6.07) is 1.83. The van der Waals surface area contributed by atoms with E-state index in [2.05, 4.69) is 4.98 Å². The van der Waals surface area contributed by atoms with Crippen LogP contribution in [0.4, 0.5) is 0 Å². The predicted molar refractivity (Wildman–Crippen MR) is 89.1 cm³/mol. The largest absolute Gasteiger partial charge is 0.496 e. The third kappa shape index (κ3) is 2.68. The maximum atomic E-state index is 10.7. The van der Waals surface area contributed by atoms with E-state index in [1.165, 1.54) is 0 Å². The van der Waals surface area contributed by atoms with Crippen molar-refractivity contribution in [1.82, 2.24) is 4.98 Å². The summed E-state index contributed by atoms with van der Waals surface area (Å²) < 4.78 is 16.9. The summed E-state index contributed by atoms with van der Waals surface area (Å²) in [5.41, 5.74) is 0.204. The predicted octanol–water partition coefficient (Wildman–Crippen LogP) is 2.54. The van der Waals surface area contributed by atoms with Gasteiger partial charge in [-0.25, -0.2) is 4.98 Å². The molecule has 2 atom stereocenters. The van der Waals surface area contributed by atoms with Crippen molar-refractivity contribution in [2.75, 3.05) is 14.2 Å². The van der Waals surface area contributed by atoms with Crippen LogP contribution in [0, 0.1) is 0 Å². The topological polar surface area (TPSA) is 85.0 Å². The standard InChI is InChI=1S/C18H25NO5/c1-17(2,21)8-9-18(23-4)13(20)6-5-11-14(22-3)12-7-10-24-16(12)19-15(11)18/h7,10,13,20-21H,5-6,8-9H2,1-4H3. The van der Waals surface area contributed by atoms with Gasteiger partial charge in [0.1, 0.15) is 11.4 Å². The zero-order valence-corrected chi connectivity index (χ0v) is 14.6. The molecule has 2 heterocycles. The molecule has 3 rings (SSSR count). The number of aromatic nitrogens is 1. The van der Waals surface area contributed by atoms with Gasteiger partial charge >= 0.3 is 0 Å². The number of rotatable bonds is 5. The maximum absolute atomic E-state index is 10.7. The van der Waals surface area contributed by atoms with Crippen LogP contribution < -0.4 is 4.74 Å². The van der Waals surface area contributed by atoms with Crippen LogP contribution in [0.2, 0.25) is 0 Å². The van der Waals surface area contributed by atoms with Crippen molar-refractivity contribution in [3.05, 3.63) is 23.6 Å². The fraction of sp³-hybridized carbons (Fsp3) is 0.611. The minimum atomic E-state index is -0.984. The van der Waals surface area contributed by atoms with Crippen molar-refractivity contribution >= 4 is 11.1 Å². The van der Waals surface area contributed by atoms with Crippen molar-refractivity contribution in [1.29, 1.82) is 0 Å². The first-order valence-electron chi connectivity index (χ1n) is 8.22. The highest BCUT2D eigenvalue weighted by atomic mass is 16.5. The van der Waals surface area contributed by atoms with E-state index in [1.807, 2.05) is 6.07 Å². The summed E-state index contributed by atoms with van der Waals surface area (Å²) in [5.74, 6) is 0.723. The first-order chi connectivity index (χ1) is 11.3. The number of ether oxygens (including phenoxy) is 2. The molecule has 1 aliphatic rings. The van der Waals surface area contributed by atoms with Crippen LogP contribution in [0.3, 0.4) is 0 Å². The quantitative estimate of drug-likeness (QED) is 0.873.